The molecular weight excluding hydrogens is 320 g/mol. The fourth-order valence-electron chi connectivity index (χ4n) is 3.06. The van der Waals surface area contributed by atoms with Crippen LogP contribution in [0.1, 0.15) is 36.8 Å². The number of carbonyl (C=O) groups is 1. The standard InChI is InChI=1S/C17H22N6O2/c1-12-20-13(9-15(21-12)22-16-10-18-6-7-19-16)14-5-3-4-8-23(14)17(24)11-25-2/h6-7,9-10,14H,3-5,8,11H2,1-2H3,(H,19,20,21,22)/t14-/m1/s1. The number of nitrogens with zero attached hydrogens (tertiary/aromatic N) is 5. The summed E-state index contributed by atoms with van der Waals surface area (Å²) in [4.78, 5) is 31.4. The van der Waals surface area contributed by atoms with Gasteiger partial charge in [-0.2, -0.15) is 0 Å². The molecule has 2 aromatic rings. The largest absolute Gasteiger partial charge is 0.375 e. The minimum atomic E-state index is -0.0551. The lowest BCUT2D eigenvalue weighted by Gasteiger charge is -2.35. The zero-order valence-corrected chi connectivity index (χ0v) is 14.5. The van der Waals surface area contributed by atoms with Gasteiger partial charge in [0.1, 0.15) is 24.1 Å². The normalized spacial score (nSPS) is 17.4. The average Bonchev–Trinajstić information content (AvgIpc) is 2.62. The number of amides is 1. The second kappa shape index (κ2) is 7.98. The second-order valence-electron chi connectivity index (χ2n) is 5.97. The molecule has 0 radical (unpaired) electrons. The Hall–Kier alpha value is -2.61. The Bertz CT molecular complexity index is 724. The fourth-order valence-corrected chi connectivity index (χ4v) is 3.06. The van der Waals surface area contributed by atoms with E-state index in [1.165, 1.54) is 7.11 Å². The zero-order chi connectivity index (χ0) is 17.6. The number of anilines is 2. The van der Waals surface area contributed by atoms with E-state index in [9.17, 15) is 4.79 Å². The Morgan fingerprint density at radius 1 is 1.32 bits per heavy atom. The molecule has 8 heteroatoms. The number of carbonyl (C=O) groups excluding carboxylic acids is 1. The number of hydrogen-bond acceptors (Lipinski definition) is 7. The molecule has 1 N–H and O–H groups in total. The van der Waals surface area contributed by atoms with Gasteiger partial charge in [0.2, 0.25) is 5.91 Å². The molecule has 3 heterocycles. The van der Waals surface area contributed by atoms with E-state index in [1.54, 1.807) is 18.6 Å². The van der Waals surface area contributed by atoms with Crippen molar-refractivity contribution in [2.45, 2.75) is 32.2 Å². The van der Waals surface area contributed by atoms with Gasteiger partial charge in [0, 0.05) is 32.1 Å². The van der Waals surface area contributed by atoms with Gasteiger partial charge in [0.15, 0.2) is 0 Å². The van der Waals surface area contributed by atoms with Gasteiger partial charge in [0.25, 0.3) is 0 Å². The molecule has 132 valence electrons. The third-order valence-electron chi connectivity index (χ3n) is 4.11. The molecule has 1 amide bonds. The van der Waals surface area contributed by atoms with Gasteiger partial charge in [-0.15, -0.1) is 0 Å². The van der Waals surface area contributed by atoms with Crippen molar-refractivity contribution in [3.8, 4) is 0 Å². The van der Waals surface area contributed by atoms with Crippen molar-refractivity contribution in [2.75, 3.05) is 25.6 Å². The quantitative estimate of drug-likeness (QED) is 0.888. The molecule has 8 nitrogen and oxygen atoms in total. The number of aromatic nitrogens is 4. The van der Waals surface area contributed by atoms with Gasteiger partial charge in [0.05, 0.1) is 17.9 Å². The monoisotopic (exact) mass is 342 g/mol. The summed E-state index contributed by atoms with van der Waals surface area (Å²) in [7, 11) is 1.54. The molecule has 1 fully saturated rings. The number of piperidine rings is 1. The van der Waals surface area contributed by atoms with E-state index in [4.69, 9.17) is 4.74 Å². The first kappa shape index (κ1) is 17.2. The Balaban J connectivity index is 1.86. The fraction of sp³-hybridized carbons (Fsp3) is 0.471. The molecule has 3 rings (SSSR count). The summed E-state index contributed by atoms with van der Waals surface area (Å²) in [6, 6.07) is 1.82. The number of methoxy groups -OCH3 is 1. The molecule has 0 spiro atoms. The highest BCUT2D eigenvalue weighted by atomic mass is 16.5. The first-order chi connectivity index (χ1) is 12.2. The highest BCUT2D eigenvalue weighted by Crippen LogP contribution is 2.31. The van der Waals surface area contributed by atoms with Crippen molar-refractivity contribution in [1.29, 1.82) is 0 Å². The number of likely N-dealkylation sites (tertiary alicyclic amines) is 1. The summed E-state index contributed by atoms with van der Waals surface area (Å²) < 4.78 is 5.02. The van der Waals surface area contributed by atoms with Crippen molar-refractivity contribution < 1.29 is 9.53 Å². The lowest BCUT2D eigenvalue weighted by atomic mass is 9.98. The molecule has 0 aliphatic carbocycles. The van der Waals surface area contributed by atoms with E-state index < -0.39 is 0 Å². The second-order valence-corrected chi connectivity index (χ2v) is 5.97. The van der Waals surface area contributed by atoms with Crippen molar-refractivity contribution in [2.24, 2.45) is 0 Å². The Morgan fingerprint density at radius 2 is 2.20 bits per heavy atom. The van der Waals surface area contributed by atoms with Gasteiger partial charge in [-0.1, -0.05) is 0 Å². The van der Waals surface area contributed by atoms with Gasteiger partial charge in [-0.25, -0.2) is 15.0 Å². The molecule has 1 aliphatic rings. The first-order valence-corrected chi connectivity index (χ1v) is 8.34. The van der Waals surface area contributed by atoms with Gasteiger partial charge >= 0.3 is 0 Å². The Kier molecular flexibility index (Phi) is 5.49. The minimum absolute atomic E-state index is 0.00750. The first-order valence-electron chi connectivity index (χ1n) is 8.34. The topological polar surface area (TPSA) is 93.1 Å². The van der Waals surface area contributed by atoms with Crippen LogP contribution in [0.4, 0.5) is 11.6 Å². The highest BCUT2D eigenvalue weighted by molar-refractivity contribution is 5.78. The maximum absolute atomic E-state index is 12.4. The summed E-state index contributed by atoms with van der Waals surface area (Å²) in [5.74, 6) is 1.90. The summed E-state index contributed by atoms with van der Waals surface area (Å²) in [6.07, 6.45) is 7.81. The van der Waals surface area contributed by atoms with Crippen molar-refractivity contribution in [3.63, 3.8) is 0 Å². The van der Waals surface area contributed by atoms with E-state index in [0.29, 0.717) is 17.5 Å². The van der Waals surface area contributed by atoms with Gasteiger partial charge in [-0.3, -0.25) is 9.78 Å². The SMILES string of the molecule is COCC(=O)N1CCCC[C@@H]1c1cc(Nc2cnccn2)nc(C)n1. The van der Waals surface area contributed by atoms with E-state index in [-0.39, 0.29) is 18.6 Å². The lowest BCUT2D eigenvalue weighted by Crippen LogP contribution is -2.40. The van der Waals surface area contributed by atoms with Crippen LogP contribution in [0, 0.1) is 6.92 Å². The van der Waals surface area contributed by atoms with Crippen LogP contribution < -0.4 is 5.32 Å². The van der Waals surface area contributed by atoms with E-state index in [0.717, 1.165) is 31.5 Å². The zero-order valence-electron chi connectivity index (χ0n) is 14.5. The van der Waals surface area contributed by atoms with E-state index in [2.05, 4.69) is 25.3 Å². The highest BCUT2D eigenvalue weighted by Gasteiger charge is 2.29. The van der Waals surface area contributed by atoms with Crippen molar-refractivity contribution >= 4 is 17.5 Å². The van der Waals surface area contributed by atoms with Crippen LogP contribution in [0.15, 0.2) is 24.7 Å². The number of nitrogens with one attached hydrogen (secondary N) is 1. The number of rotatable bonds is 5. The Morgan fingerprint density at radius 3 is 2.96 bits per heavy atom. The predicted octanol–water partition coefficient (Wildman–Crippen LogP) is 2.02. The molecular formula is C17H22N6O2. The predicted molar refractivity (Wildman–Crippen MR) is 92.3 cm³/mol. The van der Waals surface area contributed by atoms with Crippen LogP contribution in [0.3, 0.4) is 0 Å². The Labute approximate surface area is 146 Å². The molecule has 1 atom stereocenters. The molecule has 1 aliphatic heterocycles. The summed E-state index contributed by atoms with van der Waals surface area (Å²) in [5, 5.41) is 3.14. The molecule has 0 bridgehead atoms. The van der Waals surface area contributed by atoms with Gasteiger partial charge < -0.3 is 15.0 Å². The molecule has 1 saturated heterocycles. The smallest absolute Gasteiger partial charge is 0.249 e. The van der Waals surface area contributed by atoms with Crippen LogP contribution >= 0.6 is 0 Å². The van der Waals surface area contributed by atoms with Gasteiger partial charge in [-0.05, 0) is 26.2 Å². The van der Waals surface area contributed by atoms with Crippen LogP contribution in [0.5, 0.6) is 0 Å². The van der Waals surface area contributed by atoms with Crippen LogP contribution in [0.2, 0.25) is 0 Å². The van der Waals surface area contributed by atoms with Crippen LogP contribution in [-0.4, -0.2) is 51.0 Å². The number of aryl methyl sites for hydroxylation is 1. The molecule has 25 heavy (non-hydrogen) atoms. The van der Waals surface area contributed by atoms with Crippen molar-refractivity contribution in [1.82, 2.24) is 24.8 Å². The molecule has 0 saturated carbocycles. The summed E-state index contributed by atoms with van der Waals surface area (Å²) >= 11 is 0. The average molecular weight is 342 g/mol. The minimum Gasteiger partial charge on any atom is -0.375 e. The van der Waals surface area contributed by atoms with Crippen LogP contribution in [0.25, 0.3) is 0 Å². The maximum Gasteiger partial charge on any atom is 0.249 e. The molecule has 0 aromatic carbocycles. The summed E-state index contributed by atoms with van der Waals surface area (Å²) in [6.45, 7) is 2.66. The molecule has 2 aromatic heterocycles. The van der Waals surface area contributed by atoms with Crippen LogP contribution in [-0.2, 0) is 9.53 Å². The third kappa shape index (κ3) is 4.27. The number of ether oxygens (including phenoxy) is 1. The molecule has 0 unspecified atom stereocenters. The van der Waals surface area contributed by atoms with E-state index in [1.807, 2.05) is 17.9 Å². The van der Waals surface area contributed by atoms with E-state index >= 15 is 0 Å². The number of hydrogen-bond donors (Lipinski definition) is 1. The lowest BCUT2D eigenvalue weighted by molar-refractivity contribution is -0.139. The summed E-state index contributed by atoms with van der Waals surface area (Å²) in [5.41, 5.74) is 0.836. The third-order valence-corrected chi connectivity index (χ3v) is 4.11. The maximum atomic E-state index is 12.4. The van der Waals surface area contributed by atoms with Crippen molar-refractivity contribution in [3.05, 3.63) is 36.2 Å².